The second-order valence-corrected chi connectivity index (χ2v) is 6.09. The molecule has 0 radical (unpaired) electrons. The number of alkyl halides is 3. The number of benzene rings is 2. The van der Waals surface area contributed by atoms with Crippen LogP contribution >= 0.6 is 0 Å². The maximum Gasteiger partial charge on any atom is 0.416 e. The minimum Gasteiger partial charge on any atom is -0.483 e. The molecule has 1 aliphatic heterocycles. The largest absolute Gasteiger partial charge is 0.483 e. The molecule has 1 heterocycles. The fourth-order valence-electron chi connectivity index (χ4n) is 2.77. The zero-order chi connectivity index (χ0) is 18.7. The fraction of sp³-hybridized carbons (Fsp3) is 0.316. The first-order chi connectivity index (χ1) is 12.3. The van der Waals surface area contributed by atoms with E-state index in [1.165, 1.54) is 12.1 Å². The predicted molar refractivity (Wildman–Crippen MR) is 88.6 cm³/mol. The summed E-state index contributed by atoms with van der Waals surface area (Å²) in [6.07, 6.45) is -5.38. The number of hydrogen-bond donors (Lipinski definition) is 0. The van der Waals surface area contributed by atoms with E-state index in [0.717, 1.165) is 17.7 Å². The van der Waals surface area contributed by atoms with Gasteiger partial charge in [0.05, 0.1) is 12.1 Å². The number of amides is 1. The Kier molecular flexibility index (Phi) is 5.18. The van der Waals surface area contributed by atoms with Gasteiger partial charge in [0.1, 0.15) is 18.5 Å². The van der Waals surface area contributed by atoms with Crippen LogP contribution < -0.4 is 4.74 Å². The van der Waals surface area contributed by atoms with Crippen LogP contribution in [0.25, 0.3) is 0 Å². The summed E-state index contributed by atoms with van der Waals surface area (Å²) in [5.41, 5.74) is 0.0838. The molecule has 4 nitrogen and oxygen atoms in total. The van der Waals surface area contributed by atoms with Crippen molar-refractivity contribution in [1.82, 2.24) is 4.90 Å². The summed E-state index contributed by atoms with van der Waals surface area (Å²) in [7, 11) is 1.68. The van der Waals surface area contributed by atoms with Gasteiger partial charge in [0.15, 0.2) is 6.10 Å². The van der Waals surface area contributed by atoms with E-state index in [4.69, 9.17) is 9.47 Å². The summed E-state index contributed by atoms with van der Waals surface area (Å²) in [5, 5.41) is 0. The lowest BCUT2D eigenvalue weighted by Crippen LogP contribution is -2.47. The Morgan fingerprint density at radius 3 is 2.35 bits per heavy atom. The van der Waals surface area contributed by atoms with Gasteiger partial charge in [0.25, 0.3) is 0 Å². The van der Waals surface area contributed by atoms with Gasteiger partial charge in [-0.25, -0.2) is 0 Å². The number of carbonyl (C=O) groups is 1. The van der Waals surface area contributed by atoms with E-state index in [1.807, 2.05) is 30.3 Å². The van der Waals surface area contributed by atoms with Crippen LogP contribution in [0.4, 0.5) is 13.2 Å². The predicted octanol–water partition coefficient (Wildman–Crippen LogP) is 3.68. The molecule has 0 spiro atoms. The SMILES string of the molecule is CN1CC(C(Oc2ccc(C(F)(F)F)cc2)c2ccccc2)OCC1=O. The van der Waals surface area contributed by atoms with E-state index in [-0.39, 0.29) is 12.5 Å². The quantitative estimate of drug-likeness (QED) is 0.830. The molecule has 0 aromatic heterocycles. The Labute approximate surface area is 149 Å². The zero-order valence-electron chi connectivity index (χ0n) is 14.1. The number of nitrogens with zero attached hydrogens (tertiary/aromatic N) is 1. The minimum absolute atomic E-state index is 0.0547. The fourth-order valence-corrected chi connectivity index (χ4v) is 2.77. The number of rotatable bonds is 4. The molecular weight excluding hydrogens is 347 g/mol. The van der Waals surface area contributed by atoms with Crippen LogP contribution in [0.1, 0.15) is 17.2 Å². The third-order valence-electron chi connectivity index (χ3n) is 4.21. The average Bonchev–Trinajstić information content (AvgIpc) is 2.62. The molecule has 0 saturated carbocycles. The molecule has 2 aromatic rings. The summed E-state index contributed by atoms with van der Waals surface area (Å²) in [6.45, 7) is 0.278. The lowest BCUT2D eigenvalue weighted by molar-refractivity contribution is -0.152. The highest BCUT2D eigenvalue weighted by atomic mass is 19.4. The standard InChI is InChI=1S/C19H18F3NO3/c1-23-11-16(25-12-17(23)24)18(13-5-3-2-4-6-13)26-15-9-7-14(8-10-15)19(20,21)22/h2-10,16,18H,11-12H2,1H3. The van der Waals surface area contributed by atoms with Gasteiger partial charge in [-0.15, -0.1) is 0 Å². The third-order valence-corrected chi connectivity index (χ3v) is 4.21. The second kappa shape index (κ2) is 7.37. The molecule has 0 bridgehead atoms. The van der Waals surface area contributed by atoms with Gasteiger partial charge in [-0.05, 0) is 29.8 Å². The highest BCUT2D eigenvalue weighted by Crippen LogP contribution is 2.33. The van der Waals surface area contributed by atoms with Crippen molar-refractivity contribution in [3.05, 3.63) is 65.7 Å². The molecule has 1 saturated heterocycles. The van der Waals surface area contributed by atoms with E-state index in [0.29, 0.717) is 12.3 Å². The van der Waals surface area contributed by atoms with E-state index in [2.05, 4.69) is 0 Å². The Bertz CT molecular complexity index is 747. The molecule has 2 unspecified atom stereocenters. The van der Waals surface area contributed by atoms with E-state index < -0.39 is 23.9 Å². The molecule has 1 fully saturated rings. The van der Waals surface area contributed by atoms with Gasteiger partial charge in [0.2, 0.25) is 5.91 Å². The maximum atomic E-state index is 12.7. The van der Waals surface area contributed by atoms with Crippen molar-refractivity contribution in [2.45, 2.75) is 18.4 Å². The van der Waals surface area contributed by atoms with Gasteiger partial charge in [-0.2, -0.15) is 13.2 Å². The van der Waals surface area contributed by atoms with Crippen molar-refractivity contribution in [2.24, 2.45) is 0 Å². The topological polar surface area (TPSA) is 38.8 Å². The first kappa shape index (κ1) is 18.3. The Hall–Kier alpha value is -2.54. The molecule has 0 aliphatic carbocycles. The van der Waals surface area contributed by atoms with Crippen molar-refractivity contribution >= 4 is 5.91 Å². The number of hydrogen-bond acceptors (Lipinski definition) is 3. The number of ether oxygens (including phenoxy) is 2. The van der Waals surface area contributed by atoms with E-state index in [9.17, 15) is 18.0 Å². The van der Waals surface area contributed by atoms with Crippen LogP contribution in [0.5, 0.6) is 5.75 Å². The Morgan fingerprint density at radius 2 is 1.77 bits per heavy atom. The monoisotopic (exact) mass is 365 g/mol. The van der Waals surface area contributed by atoms with Gasteiger partial charge in [-0.3, -0.25) is 4.79 Å². The van der Waals surface area contributed by atoms with E-state index in [1.54, 1.807) is 11.9 Å². The van der Waals surface area contributed by atoms with Crippen molar-refractivity contribution in [2.75, 3.05) is 20.2 Å². The van der Waals surface area contributed by atoms with Crippen LogP contribution in [0, 0.1) is 0 Å². The molecule has 26 heavy (non-hydrogen) atoms. The third kappa shape index (κ3) is 4.16. The first-order valence-electron chi connectivity index (χ1n) is 8.09. The molecule has 138 valence electrons. The molecular formula is C19H18F3NO3. The molecule has 2 aromatic carbocycles. The lowest BCUT2D eigenvalue weighted by Gasteiger charge is -2.35. The Morgan fingerprint density at radius 1 is 1.12 bits per heavy atom. The molecule has 7 heteroatoms. The second-order valence-electron chi connectivity index (χ2n) is 6.09. The van der Waals surface area contributed by atoms with Crippen molar-refractivity contribution < 1.29 is 27.4 Å². The normalized spacial score (nSPS) is 19.3. The van der Waals surface area contributed by atoms with Gasteiger partial charge >= 0.3 is 6.18 Å². The summed E-state index contributed by atoms with van der Waals surface area (Å²) in [4.78, 5) is 13.2. The molecule has 3 rings (SSSR count). The van der Waals surface area contributed by atoms with Crippen molar-refractivity contribution in [1.29, 1.82) is 0 Å². The number of carbonyl (C=O) groups excluding carboxylic acids is 1. The Balaban J connectivity index is 1.83. The van der Waals surface area contributed by atoms with Crippen LogP contribution in [-0.2, 0) is 15.7 Å². The van der Waals surface area contributed by atoms with Crippen molar-refractivity contribution in [3.8, 4) is 5.75 Å². The van der Waals surface area contributed by atoms with Gasteiger partial charge in [0, 0.05) is 7.05 Å². The van der Waals surface area contributed by atoms with Crippen LogP contribution in [0.15, 0.2) is 54.6 Å². The van der Waals surface area contributed by atoms with E-state index >= 15 is 0 Å². The molecule has 1 aliphatic rings. The van der Waals surface area contributed by atoms with Crippen LogP contribution in [0.3, 0.4) is 0 Å². The summed E-state index contributed by atoms with van der Waals surface area (Å²) in [5.74, 6) is 0.178. The van der Waals surface area contributed by atoms with Crippen LogP contribution in [0.2, 0.25) is 0 Å². The summed E-state index contributed by atoms with van der Waals surface area (Å²) >= 11 is 0. The van der Waals surface area contributed by atoms with Crippen LogP contribution in [-0.4, -0.2) is 37.1 Å². The smallest absolute Gasteiger partial charge is 0.416 e. The zero-order valence-corrected chi connectivity index (χ0v) is 14.1. The number of morpholine rings is 1. The minimum atomic E-state index is -4.40. The highest BCUT2D eigenvalue weighted by Gasteiger charge is 2.33. The van der Waals surface area contributed by atoms with Crippen molar-refractivity contribution in [3.63, 3.8) is 0 Å². The summed E-state index contributed by atoms with van der Waals surface area (Å²) in [6, 6.07) is 13.8. The number of halogens is 3. The number of likely N-dealkylation sites (N-methyl/N-ethyl adjacent to an activating group) is 1. The first-order valence-corrected chi connectivity index (χ1v) is 8.09. The molecule has 0 N–H and O–H groups in total. The highest BCUT2D eigenvalue weighted by molar-refractivity contribution is 5.77. The molecule has 2 atom stereocenters. The summed E-state index contributed by atoms with van der Waals surface area (Å²) < 4.78 is 49.8. The van der Waals surface area contributed by atoms with Gasteiger partial charge < -0.3 is 14.4 Å². The lowest BCUT2D eigenvalue weighted by atomic mass is 10.0. The average molecular weight is 365 g/mol. The van der Waals surface area contributed by atoms with Gasteiger partial charge in [-0.1, -0.05) is 30.3 Å². The molecule has 1 amide bonds. The maximum absolute atomic E-state index is 12.7.